The van der Waals surface area contributed by atoms with Crippen molar-refractivity contribution in [3.8, 4) is 11.8 Å². The molecule has 1 unspecified atom stereocenters. The molecule has 0 heterocycles. The van der Waals surface area contributed by atoms with Crippen LogP contribution < -0.4 is 5.32 Å². The Bertz CT molecular complexity index is 190. The summed E-state index contributed by atoms with van der Waals surface area (Å²) in [5.74, 6) is 6.14. The third-order valence-electron chi connectivity index (χ3n) is 2.07. The van der Waals surface area contributed by atoms with Gasteiger partial charge in [0.25, 0.3) is 0 Å². The van der Waals surface area contributed by atoms with Gasteiger partial charge in [-0.25, -0.2) is 0 Å². The Balaban J connectivity index is 4.01. The van der Waals surface area contributed by atoms with E-state index in [0.717, 1.165) is 13.0 Å². The zero-order valence-electron chi connectivity index (χ0n) is 10.4. The number of rotatable bonds is 5. The average Bonchev–Trinajstić information content (AvgIpc) is 2.07. The van der Waals surface area contributed by atoms with E-state index >= 15 is 0 Å². The van der Waals surface area contributed by atoms with Gasteiger partial charge in [-0.1, -0.05) is 27.7 Å². The average molecular weight is 195 g/mol. The van der Waals surface area contributed by atoms with Crippen LogP contribution >= 0.6 is 0 Å². The standard InChI is InChI=1S/C13H25N/c1-6-8-9-12(14-10-7-2)11-13(3,4)5/h12,14H,7,9-11H2,1-5H3. The zero-order valence-corrected chi connectivity index (χ0v) is 10.4. The Morgan fingerprint density at radius 3 is 2.36 bits per heavy atom. The summed E-state index contributed by atoms with van der Waals surface area (Å²) in [5, 5.41) is 3.56. The summed E-state index contributed by atoms with van der Waals surface area (Å²) in [4.78, 5) is 0. The summed E-state index contributed by atoms with van der Waals surface area (Å²) in [5.41, 5.74) is 0.390. The van der Waals surface area contributed by atoms with Gasteiger partial charge in [-0.3, -0.25) is 0 Å². The molecule has 0 saturated carbocycles. The third kappa shape index (κ3) is 8.13. The molecule has 1 N–H and O–H groups in total. The molecule has 1 atom stereocenters. The molecule has 82 valence electrons. The zero-order chi connectivity index (χ0) is 11.0. The van der Waals surface area contributed by atoms with E-state index in [0.29, 0.717) is 11.5 Å². The first-order valence-electron chi connectivity index (χ1n) is 5.62. The Hall–Kier alpha value is -0.480. The molecule has 14 heavy (non-hydrogen) atoms. The molecule has 0 aromatic heterocycles. The maximum atomic E-state index is 3.56. The normalized spacial score (nSPS) is 13.2. The second-order valence-corrected chi connectivity index (χ2v) is 5.05. The molecule has 0 aromatic rings. The highest BCUT2D eigenvalue weighted by Gasteiger charge is 2.17. The van der Waals surface area contributed by atoms with Gasteiger partial charge in [-0.05, 0) is 31.7 Å². The van der Waals surface area contributed by atoms with Crippen molar-refractivity contribution in [1.29, 1.82) is 0 Å². The minimum atomic E-state index is 0.390. The monoisotopic (exact) mass is 195 g/mol. The molecule has 0 amide bonds. The number of nitrogens with one attached hydrogen (secondary N) is 1. The van der Waals surface area contributed by atoms with E-state index in [-0.39, 0.29) is 0 Å². The second-order valence-electron chi connectivity index (χ2n) is 5.05. The minimum Gasteiger partial charge on any atom is -0.313 e. The maximum Gasteiger partial charge on any atom is 0.0243 e. The fourth-order valence-corrected chi connectivity index (χ4v) is 1.53. The predicted molar refractivity (Wildman–Crippen MR) is 64.2 cm³/mol. The molecule has 1 heteroatoms. The van der Waals surface area contributed by atoms with Gasteiger partial charge in [0.1, 0.15) is 0 Å². The van der Waals surface area contributed by atoms with Crippen molar-refractivity contribution in [2.75, 3.05) is 6.54 Å². The Morgan fingerprint density at radius 1 is 1.29 bits per heavy atom. The van der Waals surface area contributed by atoms with Gasteiger partial charge < -0.3 is 5.32 Å². The van der Waals surface area contributed by atoms with E-state index < -0.39 is 0 Å². The smallest absolute Gasteiger partial charge is 0.0243 e. The van der Waals surface area contributed by atoms with Crippen LogP contribution in [0.2, 0.25) is 0 Å². The van der Waals surface area contributed by atoms with Crippen LogP contribution in [0.25, 0.3) is 0 Å². The van der Waals surface area contributed by atoms with E-state index in [1.54, 1.807) is 0 Å². The number of hydrogen-bond donors (Lipinski definition) is 1. The number of hydrogen-bond acceptors (Lipinski definition) is 1. The summed E-state index contributed by atoms with van der Waals surface area (Å²) in [7, 11) is 0. The van der Waals surface area contributed by atoms with Gasteiger partial charge in [0, 0.05) is 12.5 Å². The summed E-state index contributed by atoms with van der Waals surface area (Å²) in [6, 6.07) is 0.558. The first kappa shape index (κ1) is 13.5. The molecule has 0 aromatic carbocycles. The van der Waals surface area contributed by atoms with Crippen molar-refractivity contribution < 1.29 is 0 Å². The topological polar surface area (TPSA) is 12.0 Å². The molecule has 0 fully saturated rings. The lowest BCUT2D eigenvalue weighted by Crippen LogP contribution is -2.33. The highest BCUT2D eigenvalue weighted by molar-refractivity contribution is 4.98. The molecule has 1 nitrogen and oxygen atoms in total. The van der Waals surface area contributed by atoms with Crippen molar-refractivity contribution in [1.82, 2.24) is 5.32 Å². The molecule has 0 radical (unpaired) electrons. The molecular weight excluding hydrogens is 170 g/mol. The summed E-state index contributed by atoms with van der Waals surface area (Å²) in [6.45, 7) is 12.1. The highest BCUT2D eigenvalue weighted by Crippen LogP contribution is 2.21. The van der Waals surface area contributed by atoms with Crippen molar-refractivity contribution in [2.24, 2.45) is 5.41 Å². The van der Waals surface area contributed by atoms with E-state index in [4.69, 9.17) is 0 Å². The summed E-state index contributed by atoms with van der Waals surface area (Å²) >= 11 is 0. The maximum absolute atomic E-state index is 3.56. The van der Waals surface area contributed by atoms with Crippen molar-refractivity contribution in [2.45, 2.75) is 59.9 Å². The van der Waals surface area contributed by atoms with Crippen LogP contribution in [0.3, 0.4) is 0 Å². The van der Waals surface area contributed by atoms with Crippen LogP contribution in [0.1, 0.15) is 53.9 Å². The summed E-state index contributed by atoms with van der Waals surface area (Å²) < 4.78 is 0. The van der Waals surface area contributed by atoms with Gasteiger partial charge in [0.2, 0.25) is 0 Å². The fraction of sp³-hybridized carbons (Fsp3) is 0.846. The first-order valence-corrected chi connectivity index (χ1v) is 5.62. The quantitative estimate of drug-likeness (QED) is 0.664. The highest BCUT2D eigenvalue weighted by atomic mass is 14.9. The Labute approximate surface area is 89.7 Å². The molecule has 0 saturated heterocycles. The van der Waals surface area contributed by atoms with Crippen molar-refractivity contribution in [3.05, 3.63) is 0 Å². The molecule has 0 rings (SSSR count). The third-order valence-corrected chi connectivity index (χ3v) is 2.07. The van der Waals surface area contributed by atoms with E-state index in [2.05, 4.69) is 44.9 Å². The van der Waals surface area contributed by atoms with Gasteiger partial charge in [-0.2, -0.15) is 0 Å². The minimum absolute atomic E-state index is 0.390. The molecule has 0 spiro atoms. The van der Waals surface area contributed by atoms with Gasteiger partial charge in [-0.15, -0.1) is 11.8 Å². The lowest BCUT2D eigenvalue weighted by atomic mass is 9.87. The second kappa shape index (κ2) is 6.90. The van der Waals surface area contributed by atoms with Gasteiger partial charge >= 0.3 is 0 Å². The van der Waals surface area contributed by atoms with E-state index in [9.17, 15) is 0 Å². The van der Waals surface area contributed by atoms with Crippen LogP contribution in [0.15, 0.2) is 0 Å². The largest absolute Gasteiger partial charge is 0.313 e. The molecule has 0 aliphatic carbocycles. The van der Waals surface area contributed by atoms with Crippen LogP contribution in [-0.2, 0) is 0 Å². The van der Waals surface area contributed by atoms with Crippen LogP contribution in [0, 0.1) is 17.3 Å². The molecular formula is C13H25N. The lowest BCUT2D eigenvalue weighted by molar-refractivity contribution is 0.310. The first-order chi connectivity index (χ1) is 6.49. The van der Waals surface area contributed by atoms with Crippen LogP contribution in [0.4, 0.5) is 0 Å². The Kier molecular flexibility index (Phi) is 6.66. The predicted octanol–water partition coefficient (Wildman–Crippen LogP) is 3.20. The molecule has 0 aliphatic heterocycles. The van der Waals surface area contributed by atoms with Gasteiger partial charge in [0.15, 0.2) is 0 Å². The lowest BCUT2D eigenvalue weighted by Gasteiger charge is -2.25. The van der Waals surface area contributed by atoms with Crippen molar-refractivity contribution >= 4 is 0 Å². The molecule has 0 aliphatic rings. The van der Waals surface area contributed by atoms with E-state index in [1.807, 2.05) is 6.92 Å². The van der Waals surface area contributed by atoms with Crippen LogP contribution in [0.5, 0.6) is 0 Å². The SMILES string of the molecule is CC#CCC(CC(C)(C)C)NCCC. The fourth-order valence-electron chi connectivity index (χ4n) is 1.53. The summed E-state index contributed by atoms with van der Waals surface area (Å²) in [6.07, 6.45) is 3.37. The van der Waals surface area contributed by atoms with Crippen molar-refractivity contribution in [3.63, 3.8) is 0 Å². The van der Waals surface area contributed by atoms with E-state index in [1.165, 1.54) is 12.8 Å². The molecule has 0 bridgehead atoms. The van der Waals surface area contributed by atoms with Gasteiger partial charge in [0.05, 0.1) is 0 Å². The van der Waals surface area contributed by atoms with Crippen LogP contribution in [-0.4, -0.2) is 12.6 Å². The Morgan fingerprint density at radius 2 is 1.93 bits per heavy atom.